The number of pyridine rings is 1. The van der Waals surface area contributed by atoms with Gasteiger partial charge in [0.25, 0.3) is 5.56 Å². The van der Waals surface area contributed by atoms with Crippen LogP contribution in [-0.2, 0) is 11.2 Å². The van der Waals surface area contributed by atoms with Crippen LogP contribution in [0.2, 0.25) is 0 Å². The van der Waals surface area contributed by atoms with Crippen LogP contribution in [0.1, 0.15) is 50.3 Å². The zero-order chi connectivity index (χ0) is 15.9. The molecule has 2 heterocycles. The lowest BCUT2D eigenvalue weighted by atomic mass is 9.84. The van der Waals surface area contributed by atoms with Gasteiger partial charge >= 0.3 is 5.97 Å². The van der Waals surface area contributed by atoms with Gasteiger partial charge in [0.2, 0.25) is 0 Å². The van der Waals surface area contributed by atoms with Gasteiger partial charge in [-0.15, -0.1) is 0 Å². The van der Waals surface area contributed by atoms with E-state index in [1.165, 1.54) is 13.2 Å². The number of methoxy groups -OCH3 is 1. The molecule has 1 atom stereocenters. The van der Waals surface area contributed by atoms with Gasteiger partial charge in [0.1, 0.15) is 17.1 Å². The van der Waals surface area contributed by atoms with E-state index in [-0.39, 0.29) is 23.7 Å². The first-order valence-corrected chi connectivity index (χ1v) is 6.93. The molecular formula is C16H15NO5. The van der Waals surface area contributed by atoms with Crippen LogP contribution in [0.4, 0.5) is 0 Å². The summed E-state index contributed by atoms with van der Waals surface area (Å²) in [6.07, 6.45) is 0.775. The number of hydrogen-bond acceptors (Lipinski definition) is 5. The number of H-pyrrole nitrogens is 1. The molecule has 22 heavy (non-hydrogen) atoms. The Morgan fingerprint density at radius 3 is 2.73 bits per heavy atom. The molecule has 1 aliphatic carbocycles. The lowest BCUT2D eigenvalue weighted by Gasteiger charge is -2.22. The van der Waals surface area contributed by atoms with Crippen molar-refractivity contribution in [2.75, 3.05) is 7.11 Å². The second kappa shape index (κ2) is 5.29. The van der Waals surface area contributed by atoms with Crippen LogP contribution in [-0.4, -0.2) is 23.8 Å². The number of Topliss-reactive ketones (excluding diaryl/α,β-unsaturated/α-hetero) is 1. The zero-order valence-corrected chi connectivity index (χ0v) is 12.3. The summed E-state index contributed by atoms with van der Waals surface area (Å²) >= 11 is 0. The molecule has 0 spiro atoms. The third-order valence-corrected chi connectivity index (χ3v) is 3.87. The maximum absolute atomic E-state index is 12.3. The largest absolute Gasteiger partial charge is 0.466 e. The van der Waals surface area contributed by atoms with Crippen molar-refractivity contribution in [2.24, 2.45) is 0 Å². The Balaban J connectivity index is 2.01. The first-order valence-electron chi connectivity index (χ1n) is 6.93. The monoisotopic (exact) mass is 301 g/mol. The highest BCUT2D eigenvalue weighted by atomic mass is 16.5. The molecule has 114 valence electrons. The minimum Gasteiger partial charge on any atom is -0.466 e. The molecule has 0 saturated heterocycles. The van der Waals surface area contributed by atoms with Gasteiger partial charge < -0.3 is 14.1 Å². The van der Waals surface area contributed by atoms with E-state index in [9.17, 15) is 14.4 Å². The number of aryl methyl sites for hydroxylation is 1. The second-order valence-corrected chi connectivity index (χ2v) is 5.37. The van der Waals surface area contributed by atoms with E-state index in [1.54, 1.807) is 0 Å². The summed E-state index contributed by atoms with van der Waals surface area (Å²) < 4.78 is 10.1. The molecule has 6 nitrogen and oxygen atoms in total. The molecule has 2 aromatic heterocycles. The van der Waals surface area contributed by atoms with E-state index in [0.29, 0.717) is 17.7 Å². The molecule has 0 aromatic carbocycles. The molecule has 0 saturated carbocycles. The number of carbonyl (C=O) groups is 2. The van der Waals surface area contributed by atoms with Crippen molar-refractivity contribution in [1.82, 2.24) is 4.98 Å². The lowest BCUT2D eigenvalue weighted by Crippen LogP contribution is -2.27. The minimum absolute atomic E-state index is 0.103. The fraction of sp³-hybridized carbons (Fsp3) is 0.312. The SMILES string of the molecule is COC(=O)c1cc2c([nH]c1=O)CC(c1ccc(C)o1)CC2=O. The third kappa shape index (κ3) is 2.36. The van der Waals surface area contributed by atoms with Crippen molar-refractivity contribution in [3.63, 3.8) is 0 Å². The highest BCUT2D eigenvalue weighted by Crippen LogP contribution is 2.32. The molecule has 0 fully saturated rings. The van der Waals surface area contributed by atoms with Crippen LogP contribution < -0.4 is 5.56 Å². The summed E-state index contributed by atoms with van der Waals surface area (Å²) in [5.41, 5.74) is 0.212. The Bertz CT molecular complexity index is 814. The number of rotatable bonds is 2. The van der Waals surface area contributed by atoms with E-state index in [0.717, 1.165) is 11.5 Å². The summed E-state index contributed by atoms with van der Waals surface area (Å²) in [6.45, 7) is 1.84. The number of fused-ring (bicyclic) bond motifs is 1. The number of nitrogens with one attached hydrogen (secondary N) is 1. The van der Waals surface area contributed by atoms with Crippen LogP contribution in [0, 0.1) is 6.92 Å². The average molecular weight is 301 g/mol. The van der Waals surface area contributed by atoms with E-state index in [4.69, 9.17) is 4.42 Å². The van der Waals surface area contributed by atoms with Crippen molar-refractivity contribution >= 4 is 11.8 Å². The number of aromatic nitrogens is 1. The van der Waals surface area contributed by atoms with Gasteiger partial charge in [-0.1, -0.05) is 0 Å². The molecule has 0 bridgehead atoms. The van der Waals surface area contributed by atoms with Crippen molar-refractivity contribution < 1.29 is 18.7 Å². The maximum Gasteiger partial charge on any atom is 0.343 e. The Hall–Kier alpha value is -2.63. The van der Waals surface area contributed by atoms with Gasteiger partial charge in [-0.05, 0) is 31.5 Å². The normalized spacial score (nSPS) is 17.2. The standard InChI is InChI=1S/C16H15NO5/c1-8-3-4-14(22-8)9-5-12-10(13(18)6-9)7-11(15(19)17-12)16(20)21-2/h3-4,7,9H,5-6H2,1-2H3,(H,17,19). The first-order chi connectivity index (χ1) is 10.5. The van der Waals surface area contributed by atoms with E-state index in [2.05, 4.69) is 9.72 Å². The molecule has 0 aliphatic heterocycles. The number of furan rings is 1. The van der Waals surface area contributed by atoms with Gasteiger partial charge in [-0.3, -0.25) is 9.59 Å². The molecule has 0 amide bonds. The van der Waals surface area contributed by atoms with E-state index in [1.807, 2.05) is 19.1 Å². The molecule has 1 unspecified atom stereocenters. The molecule has 1 aliphatic rings. The van der Waals surface area contributed by atoms with Crippen LogP contribution >= 0.6 is 0 Å². The van der Waals surface area contributed by atoms with Crippen molar-refractivity contribution in [1.29, 1.82) is 0 Å². The maximum atomic E-state index is 12.3. The quantitative estimate of drug-likeness (QED) is 0.857. The van der Waals surface area contributed by atoms with Crippen LogP contribution in [0.25, 0.3) is 0 Å². The lowest BCUT2D eigenvalue weighted by molar-refractivity contribution is 0.0598. The summed E-state index contributed by atoms with van der Waals surface area (Å²) in [5.74, 6) is 0.535. The Kier molecular flexibility index (Phi) is 3.44. The fourth-order valence-corrected chi connectivity index (χ4v) is 2.77. The van der Waals surface area contributed by atoms with Gasteiger partial charge in [-0.25, -0.2) is 4.79 Å². The van der Waals surface area contributed by atoms with Gasteiger partial charge in [0.05, 0.1) is 7.11 Å². The highest BCUT2D eigenvalue weighted by molar-refractivity contribution is 6.01. The molecule has 2 aromatic rings. The summed E-state index contributed by atoms with van der Waals surface area (Å²) in [7, 11) is 1.19. The fourth-order valence-electron chi connectivity index (χ4n) is 2.77. The number of aromatic amines is 1. The van der Waals surface area contributed by atoms with Crippen LogP contribution in [0.5, 0.6) is 0 Å². The summed E-state index contributed by atoms with van der Waals surface area (Å²) in [4.78, 5) is 38.5. The van der Waals surface area contributed by atoms with Gasteiger partial charge in [0, 0.05) is 23.6 Å². The van der Waals surface area contributed by atoms with Crippen molar-refractivity contribution in [3.8, 4) is 0 Å². The molecule has 1 N–H and O–H groups in total. The average Bonchev–Trinajstić information content (AvgIpc) is 2.92. The number of carbonyl (C=O) groups excluding carboxylic acids is 2. The predicted octanol–water partition coefficient (Wildman–Crippen LogP) is 1.98. The van der Waals surface area contributed by atoms with E-state index >= 15 is 0 Å². The number of ketones is 1. The molecule has 6 heteroatoms. The van der Waals surface area contributed by atoms with Crippen LogP contribution in [0.3, 0.4) is 0 Å². The summed E-state index contributed by atoms with van der Waals surface area (Å²) in [5, 5.41) is 0. The second-order valence-electron chi connectivity index (χ2n) is 5.37. The Morgan fingerprint density at radius 2 is 2.09 bits per heavy atom. The summed E-state index contributed by atoms with van der Waals surface area (Å²) in [6, 6.07) is 5.02. The number of esters is 1. The Labute approximate surface area is 126 Å². The van der Waals surface area contributed by atoms with Crippen molar-refractivity contribution in [2.45, 2.75) is 25.7 Å². The van der Waals surface area contributed by atoms with E-state index < -0.39 is 11.5 Å². The van der Waals surface area contributed by atoms with Crippen molar-refractivity contribution in [3.05, 3.63) is 56.9 Å². The van der Waals surface area contributed by atoms with Gasteiger partial charge in [0.15, 0.2) is 5.78 Å². The topological polar surface area (TPSA) is 89.4 Å². The Morgan fingerprint density at radius 1 is 1.32 bits per heavy atom. The number of ether oxygens (including phenoxy) is 1. The zero-order valence-electron chi connectivity index (χ0n) is 12.3. The van der Waals surface area contributed by atoms with Gasteiger partial charge in [-0.2, -0.15) is 0 Å². The third-order valence-electron chi connectivity index (χ3n) is 3.87. The number of hydrogen-bond donors (Lipinski definition) is 1. The molecule has 3 rings (SSSR count). The first kappa shape index (κ1) is 14.3. The smallest absolute Gasteiger partial charge is 0.343 e. The highest BCUT2D eigenvalue weighted by Gasteiger charge is 2.30. The molecular weight excluding hydrogens is 286 g/mol. The van der Waals surface area contributed by atoms with Crippen LogP contribution in [0.15, 0.2) is 27.4 Å². The minimum atomic E-state index is -0.749. The predicted molar refractivity (Wildman–Crippen MR) is 77.2 cm³/mol. The molecule has 0 radical (unpaired) electrons.